The molecule has 0 amide bonds. The Morgan fingerprint density at radius 3 is 2.14 bits per heavy atom. The molecule has 0 aliphatic heterocycles. The second-order valence-corrected chi connectivity index (χ2v) is 6.99. The molecule has 0 saturated carbocycles. The van der Waals surface area contributed by atoms with E-state index in [1.165, 1.54) is 11.1 Å². The molecular weight excluding hydrogens is 276 g/mol. The summed E-state index contributed by atoms with van der Waals surface area (Å²) in [6, 6.07) is 0. The normalized spacial score (nSPS) is 12.1. The molecule has 0 fully saturated rings. The van der Waals surface area contributed by atoms with E-state index in [1.807, 2.05) is 10.4 Å². The molecule has 2 rings (SSSR count). The van der Waals surface area contributed by atoms with Gasteiger partial charge in [-0.15, -0.1) is 0 Å². The van der Waals surface area contributed by atoms with Crippen molar-refractivity contribution in [3.8, 4) is 0 Å². The van der Waals surface area contributed by atoms with Gasteiger partial charge in [0.2, 0.25) is 0 Å². The molecule has 0 bridgehead atoms. The zero-order chi connectivity index (χ0) is 15.9. The van der Waals surface area contributed by atoms with Crippen molar-refractivity contribution in [3.05, 3.63) is 28.6 Å². The van der Waals surface area contributed by atoms with Crippen LogP contribution in [0.2, 0.25) is 0 Å². The van der Waals surface area contributed by atoms with E-state index in [2.05, 4.69) is 56.9 Å². The van der Waals surface area contributed by atoms with E-state index >= 15 is 0 Å². The van der Waals surface area contributed by atoms with Crippen LogP contribution in [0.15, 0.2) is 6.20 Å². The summed E-state index contributed by atoms with van der Waals surface area (Å²) in [6.45, 7) is 12.9. The number of carbonyl (C=O) groups excluding carboxylic acids is 1. The maximum Gasteiger partial charge on any atom is 0.197 e. The summed E-state index contributed by atoms with van der Waals surface area (Å²) in [5, 5.41) is 1.00. The van der Waals surface area contributed by atoms with E-state index in [9.17, 15) is 4.79 Å². The van der Waals surface area contributed by atoms with E-state index in [0.29, 0.717) is 11.8 Å². The molecule has 0 aliphatic rings. The van der Waals surface area contributed by atoms with Gasteiger partial charge in [-0.2, -0.15) is 0 Å². The van der Waals surface area contributed by atoms with E-state index in [0.717, 1.165) is 28.6 Å². The molecule has 0 unspecified atom stereocenters. The average molecular weight is 299 g/mol. The Hall–Kier alpha value is -1.42. The monoisotopic (exact) mass is 299 g/mol. The fourth-order valence-corrected chi connectivity index (χ4v) is 3.65. The van der Waals surface area contributed by atoms with Crippen molar-refractivity contribution < 1.29 is 4.79 Å². The van der Waals surface area contributed by atoms with E-state index in [4.69, 9.17) is 0 Å². The Morgan fingerprint density at radius 2 is 1.71 bits per heavy atom. The third-order valence-electron chi connectivity index (χ3n) is 3.99. The van der Waals surface area contributed by atoms with Gasteiger partial charge >= 0.3 is 0 Å². The van der Waals surface area contributed by atoms with Gasteiger partial charge in [0, 0.05) is 22.8 Å². The van der Waals surface area contributed by atoms with Crippen LogP contribution in [-0.4, -0.2) is 25.9 Å². The third kappa shape index (κ3) is 2.46. The maximum atomic E-state index is 11.8. The first-order chi connectivity index (χ1) is 9.81. The third-order valence-corrected chi connectivity index (χ3v) is 4.44. The highest BCUT2D eigenvalue weighted by Gasteiger charge is 2.24. The van der Waals surface area contributed by atoms with Crippen LogP contribution in [0, 0.1) is 0 Å². The number of hydrogen-bond donors (Lipinski definition) is 0. The molecule has 2 heterocycles. The van der Waals surface area contributed by atoms with E-state index in [1.54, 1.807) is 0 Å². The van der Waals surface area contributed by atoms with Crippen molar-refractivity contribution in [1.29, 1.82) is 0 Å². The first kappa shape index (κ1) is 16.0. The molecule has 2 aromatic rings. The molecule has 0 saturated heterocycles. The Labute approximate surface area is 130 Å². The lowest BCUT2D eigenvalue weighted by molar-refractivity contribution is 0.112. The zero-order valence-electron chi connectivity index (χ0n) is 13.7. The molecule has 3 radical (unpaired) electrons. The lowest BCUT2D eigenvalue weighted by atomic mass is 9.88. The number of rotatable bonds is 4. The van der Waals surface area contributed by atoms with Crippen molar-refractivity contribution in [1.82, 2.24) is 9.22 Å². The minimum absolute atomic E-state index is 0.249. The molecule has 3 nitrogen and oxygen atoms in total. The number of aldehydes is 1. The van der Waals surface area contributed by atoms with Crippen molar-refractivity contribution in [2.45, 2.75) is 59.3 Å². The van der Waals surface area contributed by atoms with Crippen LogP contribution in [0.4, 0.5) is 0 Å². The number of hydrogen-bond acceptors (Lipinski definition) is 2. The summed E-state index contributed by atoms with van der Waals surface area (Å²) < 4.78 is 1.89. The molecule has 0 N–H and O–H groups in total. The Kier molecular flexibility index (Phi) is 4.37. The highest BCUT2D eigenvalue weighted by molar-refractivity contribution is 6.15. The zero-order valence-corrected chi connectivity index (χ0v) is 14.7. The molecule has 0 spiro atoms. The summed E-state index contributed by atoms with van der Waals surface area (Å²) in [5.74, 6) is 0.986. The minimum atomic E-state index is 0.249. The predicted octanol–water partition coefficient (Wildman–Crippen LogP) is 4.15. The number of fused-ring (bicyclic) bond motifs is 1. The number of nitrogens with zero attached hydrogens (tertiary/aromatic N) is 2. The standard InChI is InChI=1S/C17H23N2OSi/c1-9(2)12-7-18-17-15(14(12)10(3)4)13(8-20)16(11(5)6)19(17)21/h7-11H,1-6H3. The molecule has 4 heteroatoms. The first-order valence-electron chi connectivity index (χ1n) is 7.55. The van der Waals surface area contributed by atoms with Crippen LogP contribution in [0.5, 0.6) is 0 Å². The SMILES string of the molecule is CC(C)c1cnc2c(c(C=O)c(C(C)C)n2[Si])c1C(C)C. The molecule has 111 valence electrons. The van der Waals surface area contributed by atoms with Gasteiger partial charge in [-0.3, -0.25) is 4.79 Å². The molecular formula is C17H23N2OSi. The summed E-state index contributed by atoms with van der Waals surface area (Å²) in [7, 11) is 3.64. The first-order valence-corrected chi connectivity index (χ1v) is 7.99. The predicted molar refractivity (Wildman–Crippen MR) is 88.5 cm³/mol. The maximum absolute atomic E-state index is 11.8. The summed E-state index contributed by atoms with van der Waals surface area (Å²) in [4.78, 5) is 16.4. The highest BCUT2D eigenvalue weighted by Crippen LogP contribution is 2.37. The number of pyridine rings is 1. The second-order valence-electron chi connectivity index (χ2n) is 6.54. The van der Waals surface area contributed by atoms with Gasteiger partial charge < -0.3 is 4.23 Å². The van der Waals surface area contributed by atoms with E-state index < -0.39 is 0 Å². The van der Waals surface area contributed by atoms with Crippen molar-refractivity contribution in [2.24, 2.45) is 0 Å². The minimum Gasteiger partial charge on any atom is -0.358 e. The van der Waals surface area contributed by atoms with Gasteiger partial charge in [-0.05, 0) is 28.9 Å². The Morgan fingerprint density at radius 1 is 1.10 bits per heavy atom. The largest absolute Gasteiger partial charge is 0.358 e. The van der Waals surface area contributed by atoms with Gasteiger partial charge in [0.1, 0.15) is 5.65 Å². The fourth-order valence-electron chi connectivity index (χ4n) is 3.10. The van der Waals surface area contributed by atoms with Crippen LogP contribution in [-0.2, 0) is 0 Å². The summed E-state index contributed by atoms with van der Waals surface area (Å²) >= 11 is 0. The van der Waals surface area contributed by atoms with Crippen molar-refractivity contribution in [3.63, 3.8) is 0 Å². The molecule has 0 aromatic carbocycles. The molecule has 0 aliphatic carbocycles. The quantitative estimate of drug-likeness (QED) is 0.628. The average Bonchev–Trinajstić information content (AvgIpc) is 2.70. The van der Waals surface area contributed by atoms with Crippen molar-refractivity contribution >= 4 is 27.7 Å². The number of carbonyl (C=O) groups is 1. The number of aromatic nitrogens is 2. The van der Waals surface area contributed by atoms with Gasteiger partial charge in [0.25, 0.3) is 0 Å². The molecule has 0 atom stereocenters. The van der Waals surface area contributed by atoms with Crippen molar-refractivity contribution in [2.75, 3.05) is 0 Å². The summed E-state index contributed by atoms with van der Waals surface area (Å²) in [6.07, 6.45) is 2.93. The van der Waals surface area contributed by atoms with E-state index in [-0.39, 0.29) is 5.92 Å². The van der Waals surface area contributed by atoms with Gasteiger partial charge in [-0.1, -0.05) is 41.5 Å². The van der Waals surface area contributed by atoms with Crippen LogP contribution in [0.3, 0.4) is 0 Å². The Balaban J connectivity index is 3.01. The van der Waals surface area contributed by atoms with Crippen LogP contribution in [0.25, 0.3) is 11.0 Å². The van der Waals surface area contributed by atoms with Crippen LogP contribution >= 0.6 is 0 Å². The lowest BCUT2D eigenvalue weighted by Crippen LogP contribution is -2.04. The van der Waals surface area contributed by atoms with Gasteiger partial charge in [-0.25, -0.2) is 4.98 Å². The second kappa shape index (κ2) is 5.76. The van der Waals surface area contributed by atoms with Crippen LogP contribution < -0.4 is 0 Å². The molecule has 2 aromatic heterocycles. The van der Waals surface area contributed by atoms with Gasteiger partial charge in [0.05, 0.1) is 0 Å². The lowest BCUT2D eigenvalue weighted by Gasteiger charge is -2.17. The highest BCUT2D eigenvalue weighted by atomic mass is 28.2. The van der Waals surface area contributed by atoms with Crippen LogP contribution in [0.1, 0.15) is 86.5 Å². The summed E-state index contributed by atoms with van der Waals surface area (Å²) in [5.41, 5.74) is 5.08. The smallest absolute Gasteiger partial charge is 0.197 e. The topological polar surface area (TPSA) is 34.9 Å². The van der Waals surface area contributed by atoms with Gasteiger partial charge in [0.15, 0.2) is 16.7 Å². The Bertz CT molecular complexity index is 684. The molecule has 21 heavy (non-hydrogen) atoms. The fraction of sp³-hybridized carbons (Fsp3) is 0.529.